The van der Waals surface area contributed by atoms with Crippen LogP contribution in [0.25, 0.3) is 0 Å². The number of carbonyl (C=O) groups excluding carboxylic acids is 2. The molecular weight excluding hydrogens is 372 g/mol. The van der Waals surface area contributed by atoms with Gasteiger partial charge in [0.2, 0.25) is 0 Å². The number of fused-ring (bicyclic) bond motifs is 1. The van der Waals surface area contributed by atoms with Crippen LogP contribution in [0.3, 0.4) is 0 Å². The molecule has 0 aromatic heterocycles. The van der Waals surface area contributed by atoms with Crippen molar-refractivity contribution in [2.75, 3.05) is 26.2 Å². The third-order valence-electron chi connectivity index (χ3n) is 4.90. The summed E-state index contributed by atoms with van der Waals surface area (Å²) >= 11 is 0. The molecule has 1 aromatic rings. The molecule has 10 heteroatoms. The van der Waals surface area contributed by atoms with Crippen LogP contribution in [0.1, 0.15) is 23.7 Å². The maximum atomic E-state index is 13.3. The second-order valence-electron chi connectivity index (χ2n) is 6.47. The van der Waals surface area contributed by atoms with Gasteiger partial charge >= 0.3 is 18.6 Å². The number of para-hydroxylation sites is 1. The zero-order chi connectivity index (χ0) is 19.8. The van der Waals surface area contributed by atoms with Gasteiger partial charge < -0.3 is 14.4 Å². The molecule has 0 N–H and O–H groups in total. The Morgan fingerprint density at radius 2 is 2.04 bits per heavy atom. The quantitative estimate of drug-likeness (QED) is 0.726. The molecule has 1 aromatic carbocycles. The molecule has 3 rings (SSSR count). The first-order valence-corrected chi connectivity index (χ1v) is 8.38. The van der Waals surface area contributed by atoms with Crippen LogP contribution >= 0.6 is 0 Å². The summed E-state index contributed by atoms with van der Waals surface area (Å²) in [6, 6.07) is 5.01. The van der Waals surface area contributed by atoms with E-state index < -0.39 is 35.8 Å². The van der Waals surface area contributed by atoms with Gasteiger partial charge in [-0.25, -0.2) is 4.79 Å². The summed E-state index contributed by atoms with van der Waals surface area (Å²) < 4.78 is 60.7. The molecule has 2 saturated heterocycles. The van der Waals surface area contributed by atoms with Crippen LogP contribution < -0.4 is 4.74 Å². The molecular formula is C17H18F4N2O4. The van der Waals surface area contributed by atoms with E-state index in [1.165, 1.54) is 23.1 Å². The van der Waals surface area contributed by atoms with Crippen molar-refractivity contribution in [1.29, 1.82) is 0 Å². The zero-order valence-corrected chi connectivity index (χ0v) is 14.5. The molecule has 2 aliphatic heterocycles. The molecule has 0 bridgehead atoms. The first kappa shape index (κ1) is 19.2. The third kappa shape index (κ3) is 3.40. The van der Waals surface area contributed by atoms with Gasteiger partial charge in [0.15, 0.2) is 0 Å². The summed E-state index contributed by atoms with van der Waals surface area (Å²) in [4.78, 5) is 27.6. The van der Waals surface area contributed by atoms with Gasteiger partial charge in [0.25, 0.3) is 5.91 Å². The molecule has 1 unspecified atom stereocenters. The van der Waals surface area contributed by atoms with Crippen molar-refractivity contribution in [3.8, 4) is 5.75 Å². The lowest BCUT2D eigenvalue weighted by molar-refractivity contribution is -0.253. The predicted octanol–water partition coefficient (Wildman–Crippen LogP) is 2.98. The number of ether oxygens (including phenoxy) is 2. The number of carbonyl (C=O) groups is 2. The van der Waals surface area contributed by atoms with Gasteiger partial charge in [0.1, 0.15) is 12.4 Å². The number of amides is 2. The number of hydrogen-bond donors (Lipinski definition) is 0. The van der Waals surface area contributed by atoms with Crippen molar-refractivity contribution < 1.29 is 36.6 Å². The summed E-state index contributed by atoms with van der Waals surface area (Å²) in [6.45, 7) is 2.51. The number of hydrogen-bond acceptors (Lipinski definition) is 4. The number of rotatable bonds is 5. The Morgan fingerprint density at radius 3 is 2.70 bits per heavy atom. The van der Waals surface area contributed by atoms with Gasteiger partial charge in [-0.05, 0) is 18.6 Å². The fourth-order valence-electron chi connectivity index (χ4n) is 3.33. The summed E-state index contributed by atoms with van der Waals surface area (Å²) in [5, 5.41) is 0. The van der Waals surface area contributed by atoms with Crippen LogP contribution in [-0.2, 0) is 4.74 Å². The molecule has 148 valence electrons. The molecule has 0 aliphatic carbocycles. The maximum absolute atomic E-state index is 13.3. The Morgan fingerprint density at radius 1 is 1.33 bits per heavy atom. The zero-order valence-electron chi connectivity index (χ0n) is 14.5. The second kappa shape index (κ2) is 6.90. The Hall–Kier alpha value is -2.52. The Labute approximate surface area is 152 Å². The van der Waals surface area contributed by atoms with Crippen molar-refractivity contribution in [3.63, 3.8) is 0 Å². The fourth-order valence-corrected chi connectivity index (χ4v) is 3.33. The Bertz CT molecular complexity index is 745. The smallest absolute Gasteiger partial charge is 0.447 e. The highest BCUT2D eigenvalue weighted by Gasteiger charge is 2.51. The highest BCUT2D eigenvalue weighted by Crippen LogP contribution is 2.34. The number of cyclic esters (lactones) is 1. The number of benzene rings is 1. The van der Waals surface area contributed by atoms with E-state index in [2.05, 4.69) is 4.74 Å². The molecule has 2 amide bonds. The van der Waals surface area contributed by atoms with E-state index in [9.17, 15) is 27.2 Å². The number of piperazine rings is 1. The first-order chi connectivity index (χ1) is 12.7. The maximum Gasteiger partial charge on any atom is 0.461 e. The molecule has 2 heterocycles. The predicted molar refractivity (Wildman–Crippen MR) is 85.0 cm³/mol. The molecule has 27 heavy (non-hydrogen) atoms. The highest BCUT2D eigenvalue weighted by atomic mass is 19.3. The summed E-state index contributed by atoms with van der Waals surface area (Å²) in [5.41, 5.74) is -0.934. The molecule has 6 nitrogen and oxygen atoms in total. The van der Waals surface area contributed by atoms with Gasteiger partial charge in [0, 0.05) is 19.6 Å². The van der Waals surface area contributed by atoms with Gasteiger partial charge in [-0.1, -0.05) is 19.1 Å². The molecule has 1 atom stereocenters. The van der Waals surface area contributed by atoms with Crippen LogP contribution in [-0.4, -0.2) is 66.1 Å². The number of halogens is 4. The lowest BCUT2D eigenvalue weighted by Crippen LogP contribution is -2.62. The SMILES string of the molecule is CCC12COC(=O)N1CCN(C(=O)c1ccccc1OC(F)(F)C(F)F)C2. The van der Waals surface area contributed by atoms with E-state index in [0.29, 0.717) is 6.42 Å². The summed E-state index contributed by atoms with van der Waals surface area (Å²) in [7, 11) is 0. The topological polar surface area (TPSA) is 59.1 Å². The Balaban J connectivity index is 1.84. The highest BCUT2D eigenvalue weighted by molar-refractivity contribution is 5.97. The molecule has 2 fully saturated rings. The lowest BCUT2D eigenvalue weighted by atomic mass is 9.92. The van der Waals surface area contributed by atoms with E-state index >= 15 is 0 Å². The standard InChI is InChI=1S/C17H18F4N2O4/c1-2-16-9-22(7-8-23(16)15(25)26-10-16)13(24)11-5-3-4-6-12(11)27-17(20,21)14(18)19/h3-6,14H,2,7-10H2,1H3. The van der Waals surface area contributed by atoms with Gasteiger partial charge in [-0.3, -0.25) is 9.69 Å². The summed E-state index contributed by atoms with van der Waals surface area (Å²) in [5.74, 6) is -1.26. The molecule has 0 spiro atoms. The monoisotopic (exact) mass is 390 g/mol. The van der Waals surface area contributed by atoms with E-state index in [4.69, 9.17) is 4.74 Å². The number of alkyl halides is 4. The average molecular weight is 390 g/mol. The van der Waals surface area contributed by atoms with Crippen molar-refractivity contribution >= 4 is 12.0 Å². The first-order valence-electron chi connectivity index (χ1n) is 8.38. The van der Waals surface area contributed by atoms with Crippen molar-refractivity contribution in [2.24, 2.45) is 0 Å². The Kier molecular flexibility index (Phi) is 4.92. The van der Waals surface area contributed by atoms with Crippen LogP contribution in [0.4, 0.5) is 22.4 Å². The van der Waals surface area contributed by atoms with Crippen LogP contribution in [0.2, 0.25) is 0 Å². The second-order valence-corrected chi connectivity index (χ2v) is 6.47. The van der Waals surface area contributed by atoms with Gasteiger partial charge in [-0.15, -0.1) is 0 Å². The minimum absolute atomic E-state index is 0.119. The lowest BCUT2D eigenvalue weighted by Gasteiger charge is -2.44. The average Bonchev–Trinajstić information content (AvgIpc) is 2.98. The third-order valence-corrected chi connectivity index (χ3v) is 4.90. The summed E-state index contributed by atoms with van der Waals surface area (Å²) in [6.07, 6.45) is -8.67. The fraction of sp³-hybridized carbons (Fsp3) is 0.529. The van der Waals surface area contributed by atoms with Crippen molar-refractivity contribution in [1.82, 2.24) is 9.80 Å². The van der Waals surface area contributed by atoms with Crippen molar-refractivity contribution in [2.45, 2.75) is 31.4 Å². The van der Waals surface area contributed by atoms with Crippen LogP contribution in [0.5, 0.6) is 5.75 Å². The normalized spacial score (nSPS) is 22.7. The van der Waals surface area contributed by atoms with E-state index in [0.717, 1.165) is 6.07 Å². The van der Waals surface area contributed by atoms with Crippen molar-refractivity contribution in [3.05, 3.63) is 29.8 Å². The van der Waals surface area contributed by atoms with E-state index in [1.54, 1.807) is 4.90 Å². The minimum atomic E-state index is -4.72. The minimum Gasteiger partial charge on any atom is -0.447 e. The largest absolute Gasteiger partial charge is 0.461 e. The molecule has 0 saturated carbocycles. The molecule has 2 aliphatic rings. The van der Waals surface area contributed by atoms with E-state index in [1.807, 2.05) is 6.92 Å². The van der Waals surface area contributed by atoms with Crippen LogP contribution in [0, 0.1) is 0 Å². The van der Waals surface area contributed by atoms with Gasteiger partial charge in [-0.2, -0.15) is 17.6 Å². The molecule has 0 radical (unpaired) electrons. The van der Waals surface area contributed by atoms with Gasteiger partial charge in [0.05, 0.1) is 11.1 Å². The van der Waals surface area contributed by atoms with Crippen LogP contribution in [0.15, 0.2) is 24.3 Å². The van der Waals surface area contributed by atoms with E-state index in [-0.39, 0.29) is 31.8 Å². The number of nitrogens with zero attached hydrogens (tertiary/aromatic N) is 2.